The molecule has 0 unspecified atom stereocenters. The number of amides is 1. The van der Waals surface area contributed by atoms with Crippen LogP contribution in [-0.4, -0.2) is 30.4 Å². The number of hydrogen-bond acceptors (Lipinski definition) is 2. The van der Waals surface area contributed by atoms with Gasteiger partial charge >= 0.3 is 0 Å². The molecule has 1 aromatic rings. The lowest BCUT2D eigenvalue weighted by atomic mass is 9.94. The summed E-state index contributed by atoms with van der Waals surface area (Å²) in [5.41, 5.74) is 7.15. The molecule has 1 amide bonds. The van der Waals surface area contributed by atoms with Gasteiger partial charge in [-0.3, -0.25) is 4.79 Å². The third-order valence-corrected chi connectivity index (χ3v) is 4.69. The van der Waals surface area contributed by atoms with Crippen molar-refractivity contribution >= 4 is 18.3 Å². The molecule has 130 valence electrons. The van der Waals surface area contributed by atoms with Gasteiger partial charge in [0.15, 0.2) is 0 Å². The van der Waals surface area contributed by atoms with Crippen LogP contribution in [0.1, 0.15) is 38.7 Å². The lowest BCUT2D eigenvalue weighted by molar-refractivity contribution is -0.137. The fourth-order valence-corrected chi connectivity index (χ4v) is 3.52. The van der Waals surface area contributed by atoms with Crippen LogP contribution in [0.25, 0.3) is 0 Å². The zero-order chi connectivity index (χ0) is 15.9. The number of benzene rings is 1. The first-order valence-electron chi connectivity index (χ1n) is 8.64. The Balaban J connectivity index is 0.00000264. The van der Waals surface area contributed by atoms with E-state index in [1.807, 2.05) is 6.07 Å². The van der Waals surface area contributed by atoms with Crippen LogP contribution in [0, 0.1) is 17.8 Å². The maximum Gasteiger partial charge on any atom is 0.226 e. The van der Waals surface area contributed by atoms with Crippen molar-refractivity contribution in [1.82, 2.24) is 4.90 Å². The second kappa shape index (κ2) is 9.94. The number of halogens is 1. The molecule has 4 heteroatoms. The molecule has 1 aliphatic carbocycles. The third kappa shape index (κ3) is 5.82. The van der Waals surface area contributed by atoms with Crippen LogP contribution in [0.3, 0.4) is 0 Å². The molecule has 2 N–H and O–H groups in total. The fraction of sp³-hybridized carbons (Fsp3) is 0.632. The van der Waals surface area contributed by atoms with Gasteiger partial charge in [0.2, 0.25) is 5.91 Å². The molecule has 0 radical (unpaired) electrons. The van der Waals surface area contributed by atoms with Crippen LogP contribution in [0.4, 0.5) is 0 Å². The van der Waals surface area contributed by atoms with Gasteiger partial charge in [0, 0.05) is 19.0 Å². The molecular formula is C19H31ClN2O. The summed E-state index contributed by atoms with van der Waals surface area (Å²) in [5, 5.41) is 0. The van der Waals surface area contributed by atoms with Gasteiger partial charge < -0.3 is 10.6 Å². The predicted octanol–water partition coefficient (Wildman–Crippen LogP) is 3.51. The van der Waals surface area contributed by atoms with Crippen LogP contribution in [0.5, 0.6) is 0 Å². The Hall–Kier alpha value is -1.06. The van der Waals surface area contributed by atoms with Gasteiger partial charge in [0.05, 0.1) is 0 Å². The van der Waals surface area contributed by atoms with E-state index in [-0.39, 0.29) is 18.3 Å². The van der Waals surface area contributed by atoms with Crippen LogP contribution in [-0.2, 0) is 11.2 Å². The van der Waals surface area contributed by atoms with Crippen molar-refractivity contribution in [2.75, 3.05) is 19.6 Å². The summed E-state index contributed by atoms with van der Waals surface area (Å²) in [6, 6.07) is 10.4. The zero-order valence-corrected chi connectivity index (χ0v) is 15.2. The highest BCUT2D eigenvalue weighted by Crippen LogP contribution is 2.32. The second-order valence-electron chi connectivity index (χ2n) is 6.95. The molecule has 2 atom stereocenters. The van der Waals surface area contributed by atoms with E-state index in [9.17, 15) is 4.79 Å². The van der Waals surface area contributed by atoms with E-state index < -0.39 is 0 Å². The smallest absolute Gasteiger partial charge is 0.226 e. The first-order chi connectivity index (χ1) is 10.6. The van der Waals surface area contributed by atoms with Crippen LogP contribution < -0.4 is 5.73 Å². The van der Waals surface area contributed by atoms with Crippen molar-refractivity contribution in [3.8, 4) is 0 Å². The monoisotopic (exact) mass is 338 g/mol. The summed E-state index contributed by atoms with van der Waals surface area (Å²) in [5.74, 6) is 1.37. The van der Waals surface area contributed by atoms with Crippen LogP contribution >= 0.6 is 12.4 Å². The molecule has 2 rings (SSSR count). The summed E-state index contributed by atoms with van der Waals surface area (Å²) in [6.07, 6.45) is 4.20. The van der Waals surface area contributed by atoms with Crippen molar-refractivity contribution in [3.63, 3.8) is 0 Å². The van der Waals surface area contributed by atoms with E-state index >= 15 is 0 Å². The quantitative estimate of drug-likeness (QED) is 0.827. The number of nitrogens with zero attached hydrogens (tertiary/aromatic N) is 1. The highest BCUT2D eigenvalue weighted by molar-refractivity contribution is 5.85. The molecule has 1 aliphatic rings. The van der Waals surface area contributed by atoms with Crippen molar-refractivity contribution < 1.29 is 4.79 Å². The molecule has 0 spiro atoms. The van der Waals surface area contributed by atoms with Crippen LogP contribution in [0.15, 0.2) is 30.3 Å². The van der Waals surface area contributed by atoms with E-state index in [0.29, 0.717) is 24.3 Å². The number of hydrogen-bond donors (Lipinski definition) is 1. The molecule has 1 saturated carbocycles. The van der Waals surface area contributed by atoms with Gasteiger partial charge in [0.1, 0.15) is 0 Å². The van der Waals surface area contributed by atoms with Gasteiger partial charge in [-0.25, -0.2) is 0 Å². The van der Waals surface area contributed by atoms with Gasteiger partial charge in [-0.2, -0.15) is 0 Å². The third-order valence-electron chi connectivity index (χ3n) is 4.69. The molecule has 0 saturated heterocycles. The Morgan fingerprint density at radius 2 is 1.96 bits per heavy atom. The molecule has 3 nitrogen and oxygen atoms in total. The van der Waals surface area contributed by atoms with Gasteiger partial charge in [-0.1, -0.05) is 50.6 Å². The largest absolute Gasteiger partial charge is 0.342 e. The van der Waals surface area contributed by atoms with E-state index in [4.69, 9.17) is 5.73 Å². The lowest BCUT2D eigenvalue weighted by Crippen LogP contribution is -2.42. The first-order valence-corrected chi connectivity index (χ1v) is 8.64. The topological polar surface area (TPSA) is 46.3 Å². The van der Waals surface area contributed by atoms with E-state index in [0.717, 1.165) is 38.8 Å². The maximum absolute atomic E-state index is 12.9. The molecular weight excluding hydrogens is 308 g/mol. The van der Waals surface area contributed by atoms with Gasteiger partial charge in [-0.15, -0.1) is 12.4 Å². The van der Waals surface area contributed by atoms with E-state index in [2.05, 4.69) is 43.0 Å². The summed E-state index contributed by atoms with van der Waals surface area (Å²) in [7, 11) is 0. The predicted molar refractivity (Wildman–Crippen MR) is 98.7 cm³/mol. The highest BCUT2D eigenvalue weighted by atomic mass is 35.5. The average molecular weight is 339 g/mol. The van der Waals surface area contributed by atoms with Gasteiger partial charge in [0.25, 0.3) is 0 Å². The van der Waals surface area contributed by atoms with E-state index in [1.54, 1.807) is 0 Å². The van der Waals surface area contributed by atoms with Crippen LogP contribution in [0.2, 0.25) is 0 Å². The number of rotatable bonds is 7. The minimum absolute atomic E-state index is 0. The number of carbonyl (C=O) groups excluding carboxylic acids is 1. The number of carbonyl (C=O) groups is 1. The average Bonchev–Trinajstić information content (AvgIpc) is 3.00. The fourth-order valence-electron chi connectivity index (χ4n) is 3.52. The standard InChI is InChI=1S/C19H30N2O.ClH/c1-15(2)14-21(12-11-16-7-4-3-5-8-16)19(22)18-10-6-9-17(18)13-20;/h3-5,7-8,15,17-18H,6,9-14,20H2,1-2H3;1H/t17-,18-;/m1./s1. The van der Waals surface area contributed by atoms with E-state index in [1.165, 1.54) is 5.56 Å². The summed E-state index contributed by atoms with van der Waals surface area (Å²) in [6.45, 7) is 6.66. The summed E-state index contributed by atoms with van der Waals surface area (Å²) in [4.78, 5) is 15.0. The van der Waals surface area contributed by atoms with Crippen molar-refractivity contribution in [3.05, 3.63) is 35.9 Å². The Morgan fingerprint density at radius 1 is 1.26 bits per heavy atom. The Morgan fingerprint density at radius 3 is 2.57 bits per heavy atom. The van der Waals surface area contributed by atoms with Gasteiger partial charge in [-0.05, 0) is 43.2 Å². The molecule has 0 aliphatic heterocycles. The Kier molecular flexibility index (Phi) is 8.64. The molecule has 0 bridgehead atoms. The maximum atomic E-state index is 12.9. The Labute approximate surface area is 147 Å². The SMILES string of the molecule is CC(C)CN(CCc1ccccc1)C(=O)[C@@H]1CCC[C@@H]1CN.Cl. The molecule has 1 aromatic carbocycles. The Bertz CT molecular complexity index is 464. The highest BCUT2D eigenvalue weighted by Gasteiger charge is 2.34. The molecule has 0 aromatic heterocycles. The zero-order valence-electron chi connectivity index (χ0n) is 14.4. The second-order valence-corrected chi connectivity index (χ2v) is 6.95. The lowest BCUT2D eigenvalue weighted by Gasteiger charge is -2.29. The summed E-state index contributed by atoms with van der Waals surface area (Å²) >= 11 is 0. The summed E-state index contributed by atoms with van der Waals surface area (Å²) < 4.78 is 0. The van der Waals surface area contributed by atoms with Crippen molar-refractivity contribution in [1.29, 1.82) is 0 Å². The normalized spacial score (nSPS) is 20.3. The molecule has 23 heavy (non-hydrogen) atoms. The molecule has 0 heterocycles. The molecule has 1 fully saturated rings. The van der Waals surface area contributed by atoms with Crippen molar-refractivity contribution in [2.24, 2.45) is 23.5 Å². The first kappa shape index (κ1) is 20.0. The van der Waals surface area contributed by atoms with Crippen molar-refractivity contribution in [2.45, 2.75) is 39.5 Å². The number of nitrogens with two attached hydrogens (primary N) is 1. The minimum Gasteiger partial charge on any atom is -0.342 e. The minimum atomic E-state index is 0.